The van der Waals surface area contributed by atoms with Gasteiger partial charge in [-0.15, -0.1) is 0 Å². The highest BCUT2D eigenvalue weighted by Gasteiger charge is 2.23. The van der Waals surface area contributed by atoms with Crippen molar-refractivity contribution >= 4 is 26.6 Å². The number of anilines is 1. The fourth-order valence-electron chi connectivity index (χ4n) is 2.20. The number of H-pyrrole nitrogens is 1. The fourth-order valence-corrected chi connectivity index (χ4v) is 3.57. The van der Waals surface area contributed by atoms with Crippen LogP contribution in [0.5, 0.6) is 0 Å². The molecule has 0 unspecified atom stereocenters. The van der Waals surface area contributed by atoms with Gasteiger partial charge in [-0.3, -0.25) is 0 Å². The first-order chi connectivity index (χ1) is 9.46. The number of sulfonamides is 1. The van der Waals surface area contributed by atoms with E-state index in [2.05, 4.69) is 11.9 Å². The molecular weight excluding hydrogens is 274 g/mol. The van der Waals surface area contributed by atoms with Gasteiger partial charge in [-0.25, -0.2) is 12.7 Å². The van der Waals surface area contributed by atoms with Crippen LogP contribution in [-0.2, 0) is 10.0 Å². The Balaban J connectivity index is 2.32. The van der Waals surface area contributed by atoms with Crippen LogP contribution in [0.1, 0.15) is 26.2 Å². The van der Waals surface area contributed by atoms with E-state index < -0.39 is 10.0 Å². The molecule has 2 aromatic rings. The van der Waals surface area contributed by atoms with Gasteiger partial charge < -0.3 is 10.7 Å². The van der Waals surface area contributed by atoms with Crippen LogP contribution in [0.4, 0.5) is 5.69 Å². The molecule has 5 nitrogen and oxygen atoms in total. The lowest BCUT2D eigenvalue weighted by atomic mass is 10.2. The maximum absolute atomic E-state index is 12.6. The molecule has 0 fully saturated rings. The van der Waals surface area contributed by atoms with E-state index in [1.54, 1.807) is 25.2 Å². The van der Waals surface area contributed by atoms with E-state index >= 15 is 0 Å². The second-order valence-electron chi connectivity index (χ2n) is 4.99. The maximum atomic E-state index is 12.6. The summed E-state index contributed by atoms with van der Waals surface area (Å²) in [6.45, 7) is 2.64. The van der Waals surface area contributed by atoms with Crippen molar-refractivity contribution in [1.82, 2.24) is 9.29 Å². The van der Waals surface area contributed by atoms with Crippen LogP contribution in [0, 0.1) is 0 Å². The van der Waals surface area contributed by atoms with Gasteiger partial charge in [0.25, 0.3) is 0 Å². The lowest BCUT2D eigenvalue weighted by Crippen LogP contribution is -2.27. The van der Waals surface area contributed by atoms with Gasteiger partial charge in [0, 0.05) is 36.4 Å². The molecule has 0 aliphatic rings. The summed E-state index contributed by atoms with van der Waals surface area (Å²) in [6, 6.07) is 5.20. The monoisotopic (exact) mass is 295 g/mol. The minimum Gasteiger partial charge on any atom is -0.399 e. The zero-order valence-electron chi connectivity index (χ0n) is 11.9. The molecule has 3 N–H and O–H groups in total. The van der Waals surface area contributed by atoms with Gasteiger partial charge in [0.05, 0.1) is 0 Å². The summed E-state index contributed by atoms with van der Waals surface area (Å²) in [7, 11) is -1.83. The number of unbranched alkanes of at least 4 members (excludes halogenated alkanes) is 2. The molecule has 6 heteroatoms. The van der Waals surface area contributed by atoms with Gasteiger partial charge in [0.15, 0.2) is 0 Å². The highest BCUT2D eigenvalue weighted by atomic mass is 32.2. The lowest BCUT2D eigenvalue weighted by Gasteiger charge is -2.16. The minimum absolute atomic E-state index is 0.312. The van der Waals surface area contributed by atoms with Crippen LogP contribution in [0.15, 0.2) is 29.3 Å². The summed E-state index contributed by atoms with van der Waals surface area (Å²) >= 11 is 0. The first-order valence-corrected chi connectivity index (χ1v) is 8.23. The standard InChI is InChI=1S/C14H21N3O2S/c1-3-4-5-8-17(2)20(18,19)14-10-16-13-9-11(15)6-7-12(13)14/h6-7,9-10,16H,3-5,8,15H2,1-2H3. The molecule has 0 aliphatic heterocycles. The maximum Gasteiger partial charge on any atom is 0.244 e. The van der Waals surface area contributed by atoms with E-state index in [1.165, 1.54) is 10.5 Å². The van der Waals surface area contributed by atoms with Crippen molar-refractivity contribution in [2.24, 2.45) is 0 Å². The molecule has 0 spiro atoms. The SMILES string of the molecule is CCCCCN(C)S(=O)(=O)c1c[nH]c2cc(N)ccc12. The second-order valence-corrected chi connectivity index (χ2v) is 7.00. The van der Waals surface area contributed by atoms with Crippen molar-refractivity contribution < 1.29 is 8.42 Å². The van der Waals surface area contributed by atoms with Crippen molar-refractivity contribution in [2.45, 2.75) is 31.1 Å². The number of rotatable bonds is 6. The first kappa shape index (κ1) is 14.9. The Bertz CT molecular complexity index is 692. The van der Waals surface area contributed by atoms with Gasteiger partial charge in [0.2, 0.25) is 10.0 Å². The number of benzene rings is 1. The third-order valence-electron chi connectivity index (χ3n) is 3.43. The molecule has 110 valence electrons. The first-order valence-electron chi connectivity index (χ1n) is 6.79. The molecular formula is C14H21N3O2S. The summed E-state index contributed by atoms with van der Waals surface area (Å²) < 4.78 is 26.5. The van der Waals surface area contributed by atoms with E-state index in [9.17, 15) is 8.42 Å². The summed E-state index contributed by atoms with van der Waals surface area (Å²) in [6.07, 6.45) is 4.52. The largest absolute Gasteiger partial charge is 0.399 e. The van der Waals surface area contributed by atoms with E-state index in [0.29, 0.717) is 22.5 Å². The summed E-state index contributed by atoms with van der Waals surface area (Å²) in [5.41, 5.74) is 7.06. The summed E-state index contributed by atoms with van der Waals surface area (Å²) in [4.78, 5) is 3.28. The van der Waals surface area contributed by atoms with Crippen molar-refractivity contribution in [3.8, 4) is 0 Å². The van der Waals surface area contributed by atoms with Crippen molar-refractivity contribution in [2.75, 3.05) is 19.3 Å². The summed E-state index contributed by atoms with van der Waals surface area (Å²) in [5, 5.41) is 0.682. The predicted octanol–water partition coefficient (Wildman–Crippen LogP) is 2.56. The van der Waals surface area contributed by atoms with Crippen molar-refractivity contribution in [3.63, 3.8) is 0 Å². The molecule has 0 amide bonds. The van der Waals surface area contributed by atoms with Crippen LogP contribution in [-0.4, -0.2) is 31.3 Å². The predicted molar refractivity (Wildman–Crippen MR) is 82.1 cm³/mol. The highest BCUT2D eigenvalue weighted by molar-refractivity contribution is 7.89. The van der Waals surface area contributed by atoms with Gasteiger partial charge in [0.1, 0.15) is 4.90 Å². The highest BCUT2D eigenvalue weighted by Crippen LogP contribution is 2.26. The Labute approximate surface area is 119 Å². The Morgan fingerprint density at radius 1 is 1.30 bits per heavy atom. The zero-order chi connectivity index (χ0) is 14.8. The molecule has 1 heterocycles. The average molecular weight is 295 g/mol. The molecule has 0 atom stereocenters. The number of hydrogen-bond donors (Lipinski definition) is 2. The normalized spacial score (nSPS) is 12.3. The number of nitrogens with two attached hydrogens (primary N) is 1. The molecule has 0 saturated carbocycles. The third-order valence-corrected chi connectivity index (χ3v) is 5.33. The summed E-state index contributed by atoms with van der Waals surface area (Å²) in [5.74, 6) is 0. The van der Waals surface area contributed by atoms with Gasteiger partial charge in [-0.2, -0.15) is 0 Å². The van der Waals surface area contributed by atoms with E-state index in [0.717, 1.165) is 24.8 Å². The van der Waals surface area contributed by atoms with Crippen LogP contribution in [0.3, 0.4) is 0 Å². The molecule has 0 saturated heterocycles. The van der Waals surface area contributed by atoms with E-state index in [1.807, 2.05) is 0 Å². The van der Waals surface area contributed by atoms with Gasteiger partial charge in [-0.05, 0) is 24.6 Å². The Morgan fingerprint density at radius 3 is 2.75 bits per heavy atom. The minimum atomic E-state index is -3.45. The van der Waals surface area contributed by atoms with E-state index in [4.69, 9.17) is 5.73 Å². The Kier molecular flexibility index (Phi) is 4.35. The molecule has 0 radical (unpaired) electrons. The average Bonchev–Trinajstić information content (AvgIpc) is 2.82. The smallest absolute Gasteiger partial charge is 0.244 e. The molecule has 20 heavy (non-hydrogen) atoms. The Morgan fingerprint density at radius 2 is 2.05 bits per heavy atom. The van der Waals surface area contributed by atoms with Crippen LogP contribution in [0.25, 0.3) is 10.9 Å². The number of nitrogens with zero attached hydrogens (tertiary/aromatic N) is 1. The molecule has 2 rings (SSSR count). The quantitative estimate of drug-likeness (QED) is 0.635. The molecule has 0 aliphatic carbocycles. The number of aromatic amines is 1. The number of hydrogen-bond acceptors (Lipinski definition) is 3. The fraction of sp³-hybridized carbons (Fsp3) is 0.429. The number of nitrogen functional groups attached to an aromatic ring is 1. The van der Waals surface area contributed by atoms with Crippen LogP contribution >= 0.6 is 0 Å². The van der Waals surface area contributed by atoms with Crippen molar-refractivity contribution in [1.29, 1.82) is 0 Å². The lowest BCUT2D eigenvalue weighted by molar-refractivity contribution is 0.455. The van der Waals surface area contributed by atoms with Crippen molar-refractivity contribution in [3.05, 3.63) is 24.4 Å². The third kappa shape index (κ3) is 2.81. The number of fused-ring (bicyclic) bond motifs is 1. The zero-order valence-corrected chi connectivity index (χ0v) is 12.7. The van der Waals surface area contributed by atoms with E-state index in [-0.39, 0.29) is 0 Å². The van der Waals surface area contributed by atoms with Gasteiger partial charge in [-0.1, -0.05) is 19.8 Å². The van der Waals surface area contributed by atoms with Gasteiger partial charge >= 0.3 is 0 Å². The van der Waals surface area contributed by atoms with Crippen LogP contribution < -0.4 is 5.73 Å². The molecule has 1 aromatic heterocycles. The topological polar surface area (TPSA) is 79.2 Å². The number of nitrogens with one attached hydrogen (secondary N) is 1. The number of aromatic nitrogens is 1. The van der Waals surface area contributed by atoms with Crippen LogP contribution in [0.2, 0.25) is 0 Å². The second kappa shape index (κ2) is 5.85. The Hall–Kier alpha value is -1.53. The molecule has 0 bridgehead atoms. The molecule has 1 aromatic carbocycles.